The van der Waals surface area contributed by atoms with Crippen molar-refractivity contribution in [1.82, 2.24) is 0 Å². The third-order valence-corrected chi connectivity index (χ3v) is 0.612. The summed E-state index contributed by atoms with van der Waals surface area (Å²) >= 11 is 3.93. The lowest BCUT2D eigenvalue weighted by Crippen LogP contribution is -1.90. The first-order valence-corrected chi connectivity index (χ1v) is 3.14. The highest BCUT2D eigenvalue weighted by Gasteiger charge is 1.77. The molecule has 3 heteroatoms. The van der Waals surface area contributed by atoms with Crippen molar-refractivity contribution in [1.29, 1.82) is 0 Å². The number of nitrogens with zero attached hydrogens (tertiary/aromatic N) is 1. The molecule has 0 aliphatic heterocycles. The Bertz CT molecular complexity index is 78.5. The topological polar surface area (TPSA) is 21.6 Å². The Balaban J connectivity index is 3.03. The molecule has 48 valence electrons. The van der Waals surface area contributed by atoms with Crippen molar-refractivity contribution in [2.75, 3.05) is 12.4 Å². The second-order valence-electron chi connectivity index (χ2n) is 1.60. The molecule has 2 nitrogen and oxygen atoms in total. The lowest BCUT2D eigenvalue weighted by Gasteiger charge is -1.92. The number of hydrogen-bond acceptors (Lipinski definition) is 3. The third-order valence-electron chi connectivity index (χ3n) is 0.430. The van der Waals surface area contributed by atoms with Gasteiger partial charge in [0.2, 0.25) is 0 Å². The van der Waals surface area contributed by atoms with Crippen molar-refractivity contribution in [3.05, 3.63) is 0 Å². The van der Waals surface area contributed by atoms with Gasteiger partial charge in [0.05, 0.1) is 5.71 Å². The van der Waals surface area contributed by atoms with Gasteiger partial charge in [0, 0.05) is 5.75 Å². The predicted octanol–water partition coefficient (Wildman–Crippen LogP) is 1.33. The van der Waals surface area contributed by atoms with E-state index in [1.807, 2.05) is 13.8 Å². The summed E-state index contributed by atoms with van der Waals surface area (Å²) in [6.07, 6.45) is 0. The van der Waals surface area contributed by atoms with Gasteiger partial charge in [0.15, 0.2) is 0 Å². The molecule has 0 saturated heterocycles. The maximum Gasteiger partial charge on any atom is 0.125 e. The Morgan fingerprint density at radius 2 is 2.25 bits per heavy atom. The molecule has 0 spiro atoms. The molecule has 0 bridgehead atoms. The molecule has 0 unspecified atom stereocenters. The SMILES string of the molecule is CC(C)=NOCCS. The van der Waals surface area contributed by atoms with Crippen molar-refractivity contribution >= 4 is 18.3 Å². The van der Waals surface area contributed by atoms with Crippen LogP contribution in [0.5, 0.6) is 0 Å². The minimum absolute atomic E-state index is 0.592. The number of hydrogen-bond donors (Lipinski definition) is 1. The number of rotatable bonds is 3. The molecule has 0 heterocycles. The Morgan fingerprint density at radius 1 is 1.62 bits per heavy atom. The summed E-state index contributed by atoms with van der Waals surface area (Å²) in [6.45, 7) is 4.37. The molecule has 0 fully saturated rings. The minimum Gasteiger partial charge on any atom is -0.395 e. The highest BCUT2D eigenvalue weighted by molar-refractivity contribution is 7.80. The first-order chi connectivity index (χ1) is 3.77. The molecule has 0 aliphatic carbocycles. The average Bonchev–Trinajstić information content (AvgIpc) is 1.66. The van der Waals surface area contributed by atoms with Gasteiger partial charge in [-0.15, -0.1) is 0 Å². The van der Waals surface area contributed by atoms with Gasteiger partial charge in [-0.05, 0) is 13.8 Å². The van der Waals surface area contributed by atoms with Crippen LogP contribution in [0, 0.1) is 0 Å². The Labute approximate surface area is 55.3 Å². The molecular weight excluding hydrogens is 122 g/mol. The molecule has 0 radical (unpaired) electrons. The van der Waals surface area contributed by atoms with E-state index >= 15 is 0 Å². The van der Waals surface area contributed by atoms with E-state index in [0.29, 0.717) is 6.61 Å². The maximum atomic E-state index is 4.76. The highest BCUT2D eigenvalue weighted by Crippen LogP contribution is 1.80. The van der Waals surface area contributed by atoms with Crippen LogP contribution >= 0.6 is 12.6 Å². The molecule has 0 rings (SSSR count). The summed E-state index contributed by atoms with van der Waals surface area (Å²) in [7, 11) is 0. The quantitative estimate of drug-likeness (QED) is 0.267. The lowest BCUT2D eigenvalue weighted by atomic mass is 10.5. The van der Waals surface area contributed by atoms with Crippen molar-refractivity contribution in [2.45, 2.75) is 13.8 Å². The predicted molar refractivity (Wildman–Crippen MR) is 38.6 cm³/mol. The van der Waals surface area contributed by atoms with Crippen molar-refractivity contribution in [3.8, 4) is 0 Å². The summed E-state index contributed by atoms with van der Waals surface area (Å²) in [5.41, 5.74) is 0.937. The van der Waals surface area contributed by atoms with Crippen molar-refractivity contribution < 1.29 is 4.84 Å². The van der Waals surface area contributed by atoms with Gasteiger partial charge in [0.1, 0.15) is 6.61 Å². The van der Waals surface area contributed by atoms with Gasteiger partial charge in [-0.1, -0.05) is 5.16 Å². The normalized spacial score (nSPS) is 8.38. The van der Waals surface area contributed by atoms with Crippen LogP contribution in [-0.2, 0) is 4.84 Å². The molecule has 0 N–H and O–H groups in total. The van der Waals surface area contributed by atoms with E-state index in [-0.39, 0.29) is 0 Å². The van der Waals surface area contributed by atoms with E-state index in [4.69, 9.17) is 4.84 Å². The van der Waals surface area contributed by atoms with E-state index < -0.39 is 0 Å². The van der Waals surface area contributed by atoms with Gasteiger partial charge in [-0.3, -0.25) is 0 Å². The third kappa shape index (κ3) is 5.82. The molecule has 0 atom stereocenters. The van der Waals surface area contributed by atoms with Gasteiger partial charge in [-0.25, -0.2) is 0 Å². The monoisotopic (exact) mass is 133 g/mol. The molecule has 0 aliphatic rings. The summed E-state index contributed by atoms with van der Waals surface area (Å²) in [5, 5.41) is 3.68. The standard InChI is InChI=1S/C5H11NOS/c1-5(2)6-7-3-4-8/h8H,3-4H2,1-2H3. The first kappa shape index (κ1) is 7.82. The molecule has 8 heavy (non-hydrogen) atoms. The first-order valence-electron chi connectivity index (χ1n) is 2.51. The van der Waals surface area contributed by atoms with Crippen LogP contribution < -0.4 is 0 Å². The van der Waals surface area contributed by atoms with Crippen molar-refractivity contribution in [2.24, 2.45) is 5.16 Å². The molecule has 0 aromatic heterocycles. The fraction of sp³-hybridized carbons (Fsp3) is 0.800. The minimum atomic E-state index is 0.592. The summed E-state index contributed by atoms with van der Waals surface area (Å²) < 4.78 is 0. The zero-order valence-corrected chi connectivity index (χ0v) is 6.11. The van der Waals surface area contributed by atoms with Crippen LogP contribution in [0.4, 0.5) is 0 Å². The lowest BCUT2D eigenvalue weighted by molar-refractivity contribution is 0.161. The van der Waals surface area contributed by atoms with E-state index in [9.17, 15) is 0 Å². The van der Waals surface area contributed by atoms with Gasteiger partial charge in [0.25, 0.3) is 0 Å². The highest BCUT2D eigenvalue weighted by atomic mass is 32.1. The van der Waals surface area contributed by atoms with E-state index in [1.165, 1.54) is 0 Å². The van der Waals surface area contributed by atoms with E-state index in [0.717, 1.165) is 11.5 Å². The van der Waals surface area contributed by atoms with Crippen LogP contribution in [0.1, 0.15) is 13.8 Å². The summed E-state index contributed by atoms with van der Waals surface area (Å²) in [6, 6.07) is 0. The van der Waals surface area contributed by atoms with Crippen LogP contribution in [0.25, 0.3) is 0 Å². The van der Waals surface area contributed by atoms with Crippen LogP contribution in [0.3, 0.4) is 0 Å². The molecular formula is C5H11NOS. The van der Waals surface area contributed by atoms with E-state index in [2.05, 4.69) is 17.8 Å². The van der Waals surface area contributed by atoms with Gasteiger partial charge in [-0.2, -0.15) is 12.6 Å². The largest absolute Gasteiger partial charge is 0.395 e. The van der Waals surface area contributed by atoms with Crippen LogP contribution in [0.15, 0.2) is 5.16 Å². The van der Waals surface area contributed by atoms with Crippen molar-refractivity contribution in [3.63, 3.8) is 0 Å². The van der Waals surface area contributed by atoms with E-state index in [1.54, 1.807) is 0 Å². The summed E-state index contributed by atoms with van der Waals surface area (Å²) in [5.74, 6) is 0.719. The second kappa shape index (κ2) is 4.97. The second-order valence-corrected chi connectivity index (χ2v) is 2.04. The molecule has 0 aromatic rings. The fourth-order valence-corrected chi connectivity index (χ4v) is 0.297. The summed E-state index contributed by atoms with van der Waals surface area (Å²) in [4.78, 5) is 4.76. The van der Waals surface area contributed by atoms with Crippen LogP contribution in [0.2, 0.25) is 0 Å². The zero-order chi connectivity index (χ0) is 6.41. The Hall–Kier alpha value is -0.180. The maximum absolute atomic E-state index is 4.76. The Kier molecular flexibility index (Phi) is 4.85. The van der Waals surface area contributed by atoms with Crippen LogP contribution in [-0.4, -0.2) is 18.1 Å². The molecule has 0 saturated carbocycles. The number of thiol groups is 1. The smallest absolute Gasteiger partial charge is 0.125 e. The fourth-order valence-electron chi connectivity index (χ4n) is 0.216. The average molecular weight is 133 g/mol. The number of oxime groups is 1. The van der Waals surface area contributed by atoms with Gasteiger partial charge < -0.3 is 4.84 Å². The molecule has 0 aromatic carbocycles. The van der Waals surface area contributed by atoms with Gasteiger partial charge >= 0.3 is 0 Å². The molecule has 0 amide bonds. The Morgan fingerprint density at radius 3 is 2.62 bits per heavy atom. The zero-order valence-electron chi connectivity index (χ0n) is 5.22.